The Hall–Kier alpha value is -3.47. The van der Waals surface area contributed by atoms with E-state index in [1.807, 2.05) is 40.6 Å². The lowest BCUT2D eigenvalue weighted by Gasteiger charge is -2.38. The van der Waals surface area contributed by atoms with Gasteiger partial charge in [-0.1, -0.05) is 31.0 Å². The van der Waals surface area contributed by atoms with E-state index in [4.69, 9.17) is 11.0 Å². The largest absolute Gasteiger partial charge is 0.330 e. The van der Waals surface area contributed by atoms with Crippen molar-refractivity contribution in [2.75, 3.05) is 5.32 Å². The van der Waals surface area contributed by atoms with Gasteiger partial charge in [0.15, 0.2) is 0 Å². The Kier molecular flexibility index (Phi) is 7.18. The first-order valence-electron chi connectivity index (χ1n) is 11.1. The third kappa shape index (κ3) is 5.48. The fraction of sp³-hybridized carbons (Fsp3) is 0.269. The molecule has 0 radical (unpaired) electrons. The van der Waals surface area contributed by atoms with Gasteiger partial charge in [-0.05, 0) is 66.2 Å². The quantitative estimate of drug-likeness (QED) is 0.555. The number of benzene rings is 2. The first kappa shape index (κ1) is 22.7. The van der Waals surface area contributed by atoms with Gasteiger partial charge in [0.2, 0.25) is 0 Å². The van der Waals surface area contributed by atoms with Gasteiger partial charge in [0.1, 0.15) is 0 Å². The fourth-order valence-electron chi connectivity index (χ4n) is 4.21. The number of hydrogen-bond acceptors (Lipinski definition) is 5. The maximum Gasteiger partial charge on any atom is 0.265 e. The summed E-state index contributed by atoms with van der Waals surface area (Å²) < 4.78 is 0. The fourth-order valence-corrected chi connectivity index (χ4v) is 4.83. The van der Waals surface area contributed by atoms with Crippen molar-refractivity contribution in [1.29, 1.82) is 5.26 Å². The van der Waals surface area contributed by atoms with Gasteiger partial charge in [0.05, 0.1) is 16.5 Å². The molecule has 4 rings (SSSR count). The zero-order valence-electron chi connectivity index (χ0n) is 18.2. The second kappa shape index (κ2) is 10.4. The molecule has 6 nitrogen and oxygen atoms in total. The van der Waals surface area contributed by atoms with Crippen LogP contribution >= 0.6 is 11.3 Å². The summed E-state index contributed by atoms with van der Waals surface area (Å²) in [5.41, 5.74) is 9.17. The van der Waals surface area contributed by atoms with Crippen LogP contribution in [0.3, 0.4) is 0 Å². The van der Waals surface area contributed by atoms with E-state index in [0.29, 0.717) is 28.2 Å². The molecule has 1 fully saturated rings. The normalized spacial score (nSPS) is 17.7. The number of nitrogens with two attached hydrogens (primary N) is 1. The Bertz CT molecular complexity index is 1130. The summed E-state index contributed by atoms with van der Waals surface area (Å²) in [6, 6.07) is 19.9. The van der Waals surface area contributed by atoms with Crippen LogP contribution in [0, 0.1) is 11.3 Å². The van der Waals surface area contributed by atoms with Crippen LogP contribution < -0.4 is 11.1 Å². The Balaban J connectivity index is 1.52. The number of nitrogens with zero attached hydrogens (tertiary/aromatic N) is 2. The summed E-state index contributed by atoms with van der Waals surface area (Å²) in [5, 5.41) is 13.8. The number of thiophene rings is 1. The zero-order valence-corrected chi connectivity index (χ0v) is 19.1. The molecule has 33 heavy (non-hydrogen) atoms. The minimum atomic E-state index is -0.136. The Morgan fingerprint density at radius 3 is 2.42 bits per heavy atom. The molecule has 3 aromatic rings. The van der Waals surface area contributed by atoms with Crippen LogP contribution in [0.2, 0.25) is 0 Å². The van der Waals surface area contributed by atoms with Crippen molar-refractivity contribution in [2.24, 2.45) is 5.73 Å². The Morgan fingerprint density at radius 1 is 1.06 bits per heavy atom. The minimum absolute atomic E-state index is 0.0416. The number of nitrogens with one attached hydrogen (secondary N) is 1. The summed E-state index contributed by atoms with van der Waals surface area (Å²) >= 11 is 1.40. The number of amides is 2. The van der Waals surface area contributed by atoms with Crippen LogP contribution in [0.1, 0.15) is 56.8 Å². The monoisotopic (exact) mass is 458 g/mol. The van der Waals surface area contributed by atoms with Gasteiger partial charge in [0.25, 0.3) is 11.8 Å². The van der Waals surface area contributed by atoms with E-state index in [0.717, 1.165) is 31.2 Å². The first-order chi connectivity index (χ1) is 16.0. The smallest absolute Gasteiger partial charge is 0.265 e. The molecule has 2 atom stereocenters. The van der Waals surface area contributed by atoms with Crippen LogP contribution in [0.4, 0.5) is 5.69 Å². The number of carbonyl (C=O) groups excluding carboxylic acids is 2. The maximum atomic E-state index is 13.5. The Morgan fingerprint density at radius 2 is 1.79 bits per heavy atom. The second-order valence-corrected chi connectivity index (χ2v) is 9.21. The van der Waals surface area contributed by atoms with Gasteiger partial charge in [-0.2, -0.15) is 5.26 Å². The number of carbonyl (C=O) groups is 2. The molecule has 1 aliphatic carbocycles. The molecule has 0 aliphatic heterocycles. The molecule has 0 spiro atoms. The van der Waals surface area contributed by atoms with Gasteiger partial charge in [0, 0.05) is 29.9 Å². The average Bonchev–Trinajstić information content (AvgIpc) is 3.39. The maximum absolute atomic E-state index is 13.5. The lowest BCUT2D eigenvalue weighted by molar-refractivity contribution is 0.0583. The molecular weight excluding hydrogens is 432 g/mol. The summed E-state index contributed by atoms with van der Waals surface area (Å²) in [6.45, 7) is 0.427. The first-order valence-corrected chi connectivity index (χ1v) is 11.9. The highest BCUT2D eigenvalue weighted by molar-refractivity contribution is 7.12. The summed E-state index contributed by atoms with van der Waals surface area (Å²) in [7, 11) is 0. The highest BCUT2D eigenvalue weighted by Crippen LogP contribution is 2.26. The van der Waals surface area contributed by atoms with E-state index in [-0.39, 0.29) is 23.9 Å². The van der Waals surface area contributed by atoms with Crippen LogP contribution in [0.15, 0.2) is 66.0 Å². The highest BCUT2D eigenvalue weighted by atomic mass is 32.1. The van der Waals surface area contributed by atoms with E-state index in [2.05, 4.69) is 11.4 Å². The Labute approximate surface area is 197 Å². The molecule has 168 valence electrons. The number of nitriles is 1. The molecule has 7 heteroatoms. The van der Waals surface area contributed by atoms with Crippen molar-refractivity contribution in [3.63, 3.8) is 0 Å². The van der Waals surface area contributed by atoms with Gasteiger partial charge in [-0.25, -0.2) is 0 Å². The third-order valence-electron chi connectivity index (χ3n) is 6.01. The van der Waals surface area contributed by atoms with Crippen molar-refractivity contribution in [1.82, 2.24) is 4.90 Å². The molecule has 2 amide bonds. The second-order valence-electron chi connectivity index (χ2n) is 8.27. The van der Waals surface area contributed by atoms with Gasteiger partial charge >= 0.3 is 0 Å². The predicted octanol–water partition coefficient (Wildman–Crippen LogP) is 4.78. The summed E-state index contributed by atoms with van der Waals surface area (Å²) in [6.07, 6.45) is 3.89. The molecule has 1 aliphatic rings. The summed E-state index contributed by atoms with van der Waals surface area (Å²) in [4.78, 5) is 28.3. The predicted molar refractivity (Wildman–Crippen MR) is 130 cm³/mol. The molecule has 1 saturated carbocycles. The van der Waals surface area contributed by atoms with Crippen molar-refractivity contribution in [3.05, 3.63) is 87.6 Å². The van der Waals surface area contributed by atoms with E-state index in [1.165, 1.54) is 11.3 Å². The van der Waals surface area contributed by atoms with E-state index in [1.54, 1.807) is 30.3 Å². The SMILES string of the molecule is N#Cc1ccc(C(=O)N(Cc2ccc(NC(=O)c3cccs3)cc2)C2CCCCC2N)cc1. The van der Waals surface area contributed by atoms with Crippen molar-refractivity contribution < 1.29 is 9.59 Å². The molecule has 1 heterocycles. The average molecular weight is 459 g/mol. The van der Waals surface area contributed by atoms with Crippen molar-refractivity contribution in [3.8, 4) is 6.07 Å². The topological polar surface area (TPSA) is 99.2 Å². The lowest BCUT2D eigenvalue weighted by atomic mass is 9.89. The van der Waals surface area contributed by atoms with Crippen LogP contribution in [0.5, 0.6) is 0 Å². The molecule has 0 bridgehead atoms. The highest BCUT2D eigenvalue weighted by Gasteiger charge is 2.31. The minimum Gasteiger partial charge on any atom is -0.330 e. The molecule has 2 unspecified atom stereocenters. The number of hydrogen-bond donors (Lipinski definition) is 2. The standard InChI is InChI=1S/C26H26N4O2S/c27-16-18-7-11-20(12-8-18)26(32)30(23-5-2-1-4-22(23)28)17-19-9-13-21(14-10-19)29-25(31)24-6-3-15-33-24/h3,6-15,22-23H,1-2,4-5,17,28H2,(H,29,31). The van der Waals surface area contributed by atoms with Crippen LogP contribution in [0.25, 0.3) is 0 Å². The van der Waals surface area contributed by atoms with E-state index in [9.17, 15) is 9.59 Å². The van der Waals surface area contributed by atoms with Crippen LogP contribution in [-0.4, -0.2) is 28.8 Å². The van der Waals surface area contributed by atoms with Gasteiger partial charge in [-0.3, -0.25) is 9.59 Å². The number of anilines is 1. The van der Waals surface area contributed by atoms with Crippen molar-refractivity contribution in [2.45, 2.75) is 44.3 Å². The molecule has 0 saturated heterocycles. The third-order valence-corrected chi connectivity index (χ3v) is 6.88. The van der Waals surface area contributed by atoms with Crippen molar-refractivity contribution >= 4 is 28.8 Å². The van der Waals surface area contributed by atoms with E-state index < -0.39 is 0 Å². The summed E-state index contributed by atoms with van der Waals surface area (Å²) in [5.74, 6) is -0.222. The lowest BCUT2D eigenvalue weighted by Crippen LogP contribution is -2.51. The molecule has 1 aromatic heterocycles. The molecule has 2 aromatic carbocycles. The van der Waals surface area contributed by atoms with Gasteiger partial charge in [-0.15, -0.1) is 11.3 Å². The van der Waals surface area contributed by atoms with Gasteiger partial charge < -0.3 is 16.0 Å². The number of rotatable bonds is 6. The van der Waals surface area contributed by atoms with E-state index >= 15 is 0 Å². The molecule has 3 N–H and O–H groups in total. The zero-order chi connectivity index (χ0) is 23.2. The molecular formula is C26H26N4O2S. The van der Waals surface area contributed by atoms with Crippen LogP contribution in [-0.2, 0) is 6.54 Å².